The van der Waals surface area contributed by atoms with Crippen LogP contribution in [-0.2, 0) is 4.79 Å². The molecule has 0 radical (unpaired) electrons. The lowest BCUT2D eigenvalue weighted by molar-refractivity contribution is -0.927. The number of carbonyl (C=O) groups excluding carboxylic acids is 1. The van der Waals surface area contributed by atoms with Gasteiger partial charge < -0.3 is 4.90 Å². The fourth-order valence-electron chi connectivity index (χ4n) is 4.17. The SMILES string of the molecule is CC(=O)N1N=C2C3CC[NH+](CC3)[C@@H]2[C@@H]1c1ccccc1. The van der Waals surface area contributed by atoms with Gasteiger partial charge in [0.1, 0.15) is 11.8 Å². The maximum absolute atomic E-state index is 12.0. The molecule has 4 aliphatic rings. The lowest BCUT2D eigenvalue weighted by Crippen LogP contribution is -3.20. The van der Waals surface area contributed by atoms with Crippen molar-refractivity contribution in [1.82, 2.24) is 5.01 Å². The highest BCUT2D eigenvalue weighted by Gasteiger charge is 2.53. The number of nitrogens with zero attached hydrogens (tertiary/aromatic N) is 2. The molecule has 1 aromatic carbocycles. The summed E-state index contributed by atoms with van der Waals surface area (Å²) < 4.78 is 0. The standard InChI is InChI=1S/C16H19N3O/c1-11(20)19-15(13-5-3-2-4-6-13)16-14(17-19)12-7-9-18(16)10-8-12/h2-6,12,15-16H,7-10H2,1H3/p+1/t15-,16-/m0/s1. The molecule has 1 N–H and O–H groups in total. The molecule has 2 bridgehead atoms. The van der Waals surface area contributed by atoms with Crippen molar-refractivity contribution in [2.45, 2.75) is 31.8 Å². The van der Waals surface area contributed by atoms with Crippen LogP contribution in [0.3, 0.4) is 0 Å². The van der Waals surface area contributed by atoms with E-state index in [1.54, 1.807) is 16.8 Å². The first-order chi connectivity index (χ1) is 9.75. The van der Waals surface area contributed by atoms with E-state index in [4.69, 9.17) is 5.10 Å². The van der Waals surface area contributed by atoms with E-state index in [1.165, 1.54) is 37.2 Å². The van der Waals surface area contributed by atoms with Crippen LogP contribution in [0.2, 0.25) is 0 Å². The van der Waals surface area contributed by atoms with Gasteiger partial charge in [-0.2, -0.15) is 5.10 Å². The molecule has 4 heteroatoms. The predicted octanol–water partition coefficient (Wildman–Crippen LogP) is 0.623. The second-order valence-corrected chi connectivity index (χ2v) is 6.15. The van der Waals surface area contributed by atoms with Gasteiger partial charge >= 0.3 is 0 Å². The summed E-state index contributed by atoms with van der Waals surface area (Å²) in [5.41, 5.74) is 2.49. The van der Waals surface area contributed by atoms with Crippen LogP contribution < -0.4 is 4.90 Å². The van der Waals surface area contributed by atoms with Crippen LogP contribution in [0.5, 0.6) is 0 Å². The topological polar surface area (TPSA) is 37.1 Å². The van der Waals surface area contributed by atoms with Gasteiger partial charge in [-0.25, -0.2) is 5.01 Å². The van der Waals surface area contributed by atoms with Crippen molar-refractivity contribution in [3.63, 3.8) is 0 Å². The van der Waals surface area contributed by atoms with E-state index in [0.717, 1.165) is 0 Å². The fourth-order valence-corrected chi connectivity index (χ4v) is 4.17. The first-order valence-corrected chi connectivity index (χ1v) is 7.53. The molecule has 0 saturated carbocycles. The molecule has 0 unspecified atom stereocenters. The van der Waals surface area contributed by atoms with E-state index in [2.05, 4.69) is 24.3 Å². The molecule has 104 valence electrons. The predicted molar refractivity (Wildman–Crippen MR) is 76.3 cm³/mol. The molecule has 2 atom stereocenters. The molecule has 20 heavy (non-hydrogen) atoms. The Hall–Kier alpha value is -1.68. The normalized spacial score (nSPS) is 34.9. The molecular weight excluding hydrogens is 250 g/mol. The van der Waals surface area contributed by atoms with Gasteiger partial charge in [0, 0.05) is 25.7 Å². The van der Waals surface area contributed by atoms with Crippen molar-refractivity contribution in [3.8, 4) is 0 Å². The van der Waals surface area contributed by atoms with E-state index in [1.807, 2.05) is 6.07 Å². The molecule has 5 rings (SSSR count). The van der Waals surface area contributed by atoms with Gasteiger partial charge in [-0.1, -0.05) is 30.3 Å². The summed E-state index contributed by atoms with van der Waals surface area (Å²) in [6.45, 7) is 4.08. The highest BCUT2D eigenvalue weighted by atomic mass is 16.2. The number of nitrogens with one attached hydrogen (secondary N) is 1. The zero-order chi connectivity index (χ0) is 13.7. The van der Waals surface area contributed by atoms with E-state index in [9.17, 15) is 4.79 Å². The van der Waals surface area contributed by atoms with Crippen LogP contribution in [0.15, 0.2) is 35.4 Å². The Kier molecular flexibility index (Phi) is 2.67. The fraction of sp³-hybridized carbons (Fsp3) is 0.500. The molecule has 1 aromatic rings. The number of rotatable bonds is 1. The van der Waals surface area contributed by atoms with Crippen LogP contribution in [-0.4, -0.2) is 35.8 Å². The van der Waals surface area contributed by atoms with Gasteiger partial charge in [-0.15, -0.1) is 0 Å². The van der Waals surface area contributed by atoms with Crippen molar-refractivity contribution >= 4 is 11.6 Å². The van der Waals surface area contributed by atoms with Crippen molar-refractivity contribution in [2.24, 2.45) is 11.0 Å². The monoisotopic (exact) mass is 270 g/mol. The average Bonchev–Trinajstić information content (AvgIpc) is 2.92. The Labute approximate surface area is 119 Å². The number of piperidine rings is 3. The number of benzene rings is 1. The van der Waals surface area contributed by atoms with E-state index < -0.39 is 0 Å². The van der Waals surface area contributed by atoms with Gasteiger partial charge in [0.15, 0.2) is 6.04 Å². The number of hydrogen-bond donors (Lipinski definition) is 1. The first kappa shape index (κ1) is 12.1. The van der Waals surface area contributed by atoms with Crippen molar-refractivity contribution < 1.29 is 9.69 Å². The van der Waals surface area contributed by atoms with Crippen molar-refractivity contribution in [1.29, 1.82) is 0 Å². The largest absolute Gasteiger partial charge is 0.326 e. The van der Waals surface area contributed by atoms with Gasteiger partial charge in [-0.3, -0.25) is 4.79 Å². The molecule has 4 nitrogen and oxygen atoms in total. The second kappa shape index (κ2) is 4.42. The van der Waals surface area contributed by atoms with Gasteiger partial charge in [0.2, 0.25) is 5.91 Å². The molecule has 4 heterocycles. The first-order valence-electron chi connectivity index (χ1n) is 7.53. The number of amides is 1. The Balaban J connectivity index is 1.79. The van der Waals surface area contributed by atoms with E-state index in [0.29, 0.717) is 12.0 Å². The zero-order valence-corrected chi connectivity index (χ0v) is 11.7. The van der Waals surface area contributed by atoms with Gasteiger partial charge in [0.05, 0.1) is 13.1 Å². The summed E-state index contributed by atoms with van der Waals surface area (Å²) in [6, 6.07) is 10.9. The van der Waals surface area contributed by atoms with Gasteiger partial charge in [0.25, 0.3) is 0 Å². The second-order valence-electron chi connectivity index (χ2n) is 6.15. The number of quaternary nitrogens is 1. The van der Waals surface area contributed by atoms with E-state index in [-0.39, 0.29) is 11.9 Å². The number of fused-ring (bicyclic) bond motifs is 2. The summed E-state index contributed by atoms with van der Waals surface area (Å²) in [4.78, 5) is 13.6. The third-order valence-corrected chi connectivity index (χ3v) is 5.07. The highest BCUT2D eigenvalue weighted by molar-refractivity contribution is 5.95. The molecule has 0 spiro atoms. The third-order valence-electron chi connectivity index (χ3n) is 5.07. The van der Waals surface area contributed by atoms with Gasteiger partial charge in [-0.05, 0) is 5.56 Å². The molecular formula is C16H20N3O+. The summed E-state index contributed by atoms with van der Waals surface area (Å²) in [7, 11) is 0. The minimum Gasteiger partial charge on any atom is -0.326 e. The van der Waals surface area contributed by atoms with Crippen molar-refractivity contribution in [2.75, 3.05) is 13.1 Å². The molecule has 0 aromatic heterocycles. The quantitative estimate of drug-likeness (QED) is 0.798. The Morgan fingerprint density at radius 1 is 1.25 bits per heavy atom. The lowest BCUT2D eigenvalue weighted by atomic mass is 9.78. The average molecular weight is 270 g/mol. The Morgan fingerprint density at radius 3 is 2.60 bits per heavy atom. The summed E-state index contributed by atoms with van der Waals surface area (Å²) >= 11 is 0. The van der Waals surface area contributed by atoms with Crippen LogP contribution in [0.1, 0.15) is 31.4 Å². The smallest absolute Gasteiger partial charge is 0.240 e. The third kappa shape index (κ3) is 1.64. The Bertz CT molecular complexity index is 560. The lowest BCUT2D eigenvalue weighted by Gasteiger charge is -2.42. The van der Waals surface area contributed by atoms with Crippen LogP contribution in [0.25, 0.3) is 0 Å². The van der Waals surface area contributed by atoms with Crippen LogP contribution in [0, 0.1) is 5.92 Å². The summed E-state index contributed by atoms with van der Waals surface area (Å²) in [6.07, 6.45) is 2.47. The molecule has 3 saturated heterocycles. The minimum absolute atomic E-state index is 0.0563. The van der Waals surface area contributed by atoms with Crippen LogP contribution in [0.4, 0.5) is 0 Å². The van der Waals surface area contributed by atoms with Crippen LogP contribution >= 0.6 is 0 Å². The zero-order valence-electron chi connectivity index (χ0n) is 11.7. The molecule has 1 amide bonds. The van der Waals surface area contributed by atoms with Crippen molar-refractivity contribution in [3.05, 3.63) is 35.9 Å². The number of hydrazone groups is 1. The Morgan fingerprint density at radius 2 is 1.95 bits per heavy atom. The maximum Gasteiger partial charge on any atom is 0.240 e. The molecule has 4 aliphatic heterocycles. The number of hydrogen-bond acceptors (Lipinski definition) is 2. The minimum atomic E-state index is 0.0563. The summed E-state index contributed by atoms with van der Waals surface area (Å²) in [5, 5.41) is 6.46. The summed E-state index contributed by atoms with van der Waals surface area (Å²) in [5.74, 6) is 0.661. The number of carbonyl (C=O) groups is 1. The van der Waals surface area contributed by atoms with E-state index >= 15 is 0 Å². The molecule has 3 fully saturated rings. The molecule has 0 aliphatic carbocycles. The maximum atomic E-state index is 12.0. The highest BCUT2D eigenvalue weighted by Crippen LogP contribution is 2.36.